The van der Waals surface area contributed by atoms with Gasteiger partial charge in [-0.25, -0.2) is 0 Å². The molecule has 5 nitrogen and oxygen atoms in total. The fourth-order valence-electron chi connectivity index (χ4n) is 5.00. The second-order valence-corrected chi connectivity index (χ2v) is 12.6. The number of allylic oxidation sites excluding steroid dienone is 12. The minimum absolute atomic E-state index is 0.101. The highest BCUT2D eigenvalue weighted by Crippen LogP contribution is 2.11. The zero-order valence-corrected chi connectivity index (χ0v) is 31.0. The number of ether oxygens (including phenoxy) is 2. The number of esters is 2. The van der Waals surface area contributed by atoms with Crippen LogP contribution in [0.1, 0.15) is 168 Å². The molecule has 0 saturated heterocycles. The van der Waals surface area contributed by atoms with E-state index in [0.29, 0.717) is 12.8 Å². The summed E-state index contributed by atoms with van der Waals surface area (Å²) >= 11 is 0. The normalized spacial score (nSPS) is 13.0. The summed E-state index contributed by atoms with van der Waals surface area (Å²) in [7, 11) is 0. The van der Waals surface area contributed by atoms with E-state index in [-0.39, 0.29) is 25.6 Å². The Bertz CT molecular complexity index is 895. The Morgan fingerprint density at radius 3 is 1.40 bits per heavy atom. The molecule has 1 atom stereocenters. The molecular weight excluding hydrogens is 596 g/mol. The summed E-state index contributed by atoms with van der Waals surface area (Å²) in [4.78, 5) is 24.2. The molecule has 1 N–H and O–H groups in total. The molecule has 5 heteroatoms. The summed E-state index contributed by atoms with van der Waals surface area (Å²) in [5.41, 5.74) is 0. The molecule has 0 aromatic carbocycles. The third-order valence-corrected chi connectivity index (χ3v) is 7.99. The first-order valence-electron chi connectivity index (χ1n) is 19.5. The molecule has 0 aliphatic carbocycles. The van der Waals surface area contributed by atoms with Crippen molar-refractivity contribution in [1.29, 1.82) is 0 Å². The van der Waals surface area contributed by atoms with Crippen LogP contribution in [0.4, 0.5) is 0 Å². The molecule has 0 saturated carbocycles. The van der Waals surface area contributed by atoms with Gasteiger partial charge < -0.3 is 14.6 Å². The SMILES string of the molecule is CCCCCC=CCC=CCC=CCC=CCC=CCCC(=O)O[C@@H](CO)COC(=O)CCCCCCCCCC=CCCCCCC. The Kier molecular flexibility index (Phi) is 36.6. The highest BCUT2D eigenvalue weighted by Gasteiger charge is 2.15. The number of aliphatic hydroxyl groups excluding tert-OH is 1. The average Bonchev–Trinajstić information content (AvgIpc) is 3.09. The molecule has 0 aromatic rings. The summed E-state index contributed by atoms with van der Waals surface area (Å²) in [6, 6.07) is 0. The first-order valence-corrected chi connectivity index (χ1v) is 19.5. The molecular formula is C43H72O5. The lowest BCUT2D eigenvalue weighted by molar-refractivity contribution is -0.161. The number of aliphatic hydroxyl groups is 1. The van der Waals surface area contributed by atoms with Gasteiger partial charge in [-0.15, -0.1) is 0 Å². The van der Waals surface area contributed by atoms with E-state index in [1.54, 1.807) is 0 Å². The predicted octanol–water partition coefficient (Wildman–Crippen LogP) is 12.2. The van der Waals surface area contributed by atoms with Gasteiger partial charge in [-0.3, -0.25) is 9.59 Å². The van der Waals surface area contributed by atoms with Crippen molar-refractivity contribution in [2.45, 2.75) is 174 Å². The summed E-state index contributed by atoms with van der Waals surface area (Å²) in [6.07, 6.45) is 51.1. The topological polar surface area (TPSA) is 72.8 Å². The van der Waals surface area contributed by atoms with Crippen LogP contribution in [-0.4, -0.2) is 36.4 Å². The number of hydrogen-bond acceptors (Lipinski definition) is 5. The summed E-state index contributed by atoms with van der Waals surface area (Å²) in [5, 5.41) is 9.53. The van der Waals surface area contributed by atoms with Crippen LogP contribution in [-0.2, 0) is 19.1 Å². The number of carbonyl (C=O) groups is 2. The third kappa shape index (κ3) is 36.2. The van der Waals surface area contributed by atoms with E-state index in [2.05, 4.69) is 74.6 Å². The third-order valence-electron chi connectivity index (χ3n) is 7.99. The Morgan fingerprint density at radius 1 is 0.479 bits per heavy atom. The molecule has 0 amide bonds. The number of rotatable bonds is 34. The van der Waals surface area contributed by atoms with E-state index in [0.717, 1.165) is 44.9 Å². The van der Waals surface area contributed by atoms with Gasteiger partial charge in [0.15, 0.2) is 6.10 Å². The van der Waals surface area contributed by atoms with E-state index in [1.807, 2.05) is 12.2 Å². The smallest absolute Gasteiger partial charge is 0.306 e. The van der Waals surface area contributed by atoms with E-state index >= 15 is 0 Å². The molecule has 0 rings (SSSR count). The lowest BCUT2D eigenvalue weighted by Crippen LogP contribution is -2.28. The van der Waals surface area contributed by atoms with Crippen LogP contribution in [0.3, 0.4) is 0 Å². The van der Waals surface area contributed by atoms with Crippen LogP contribution in [0.2, 0.25) is 0 Å². The molecule has 0 radical (unpaired) electrons. The van der Waals surface area contributed by atoms with Crippen LogP contribution >= 0.6 is 0 Å². The standard InChI is InChI=1S/C43H72O5/c1-3-5-7-9-11-13-15-17-19-20-21-22-24-26-28-30-32-34-36-38-43(46)48-41(39-44)40-47-42(45)37-35-33-31-29-27-25-23-18-16-14-12-10-8-6-4-2/h11,13-14,16-17,19,21-22,26,28,32,34,41,44H,3-10,12,15,18,20,23-25,27,29-31,33,35-40H2,1-2H3/t41-/m0/s1. The number of unbranched alkanes of at least 4 members (excludes halogenated alkanes) is 14. The second kappa shape index (κ2) is 38.8. The van der Waals surface area contributed by atoms with Crippen LogP contribution in [0.5, 0.6) is 0 Å². The Balaban J connectivity index is 3.72. The fourth-order valence-corrected chi connectivity index (χ4v) is 5.00. The molecule has 0 heterocycles. The van der Waals surface area contributed by atoms with Crippen molar-refractivity contribution < 1.29 is 24.2 Å². The lowest BCUT2D eigenvalue weighted by Gasteiger charge is -2.15. The monoisotopic (exact) mass is 669 g/mol. The molecule has 0 bridgehead atoms. The molecule has 0 aliphatic heterocycles. The first kappa shape index (κ1) is 45.3. The maximum absolute atomic E-state index is 12.1. The van der Waals surface area contributed by atoms with Crippen molar-refractivity contribution in [2.75, 3.05) is 13.2 Å². The van der Waals surface area contributed by atoms with Crippen molar-refractivity contribution >= 4 is 11.9 Å². The van der Waals surface area contributed by atoms with Crippen LogP contribution in [0.25, 0.3) is 0 Å². The highest BCUT2D eigenvalue weighted by atomic mass is 16.6. The van der Waals surface area contributed by atoms with Crippen molar-refractivity contribution in [3.63, 3.8) is 0 Å². The molecule has 0 aliphatic rings. The molecule has 48 heavy (non-hydrogen) atoms. The van der Waals surface area contributed by atoms with Crippen LogP contribution in [0, 0.1) is 0 Å². The van der Waals surface area contributed by atoms with Crippen molar-refractivity contribution in [3.8, 4) is 0 Å². The highest BCUT2D eigenvalue weighted by molar-refractivity contribution is 5.70. The van der Waals surface area contributed by atoms with Gasteiger partial charge in [0.2, 0.25) is 0 Å². The Labute approximate surface area is 295 Å². The molecule has 0 fully saturated rings. The Morgan fingerprint density at radius 2 is 0.875 bits per heavy atom. The van der Waals surface area contributed by atoms with E-state index < -0.39 is 12.1 Å². The van der Waals surface area contributed by atoms with E-state index in [4.69, 9.17) is 9.47 Å². The van der Waals surface area contributed by atoms with Gasteiger partial charge in [-0.1, -0.05) is 151 Å². The lowest BCUT2D eigenvalue weighted by atomic mass is 10.1. The second-order valence-electron chi connectivity index (χ2n) is 12.6. The minimum atomic E-state index is -0.815. The Hall–Kier alpha value is -2.66. The summed E-state index contributed by atoms with van der Waals surface area (Å²) in [5.74, 6) is -0.698. The summed E-state index contributed by atoms with van der Waals surface area (Å²) in [6.45, 7) is 4.02. The number of hydrogen-bond donors (Lipinski definition) is 1. The van der Waals surface area contributed by atoms with Crippen molar-refractivity contribution in [3.05, 3.63) is 72.9 Å². The van der Waals surface area contributed by atoms with Gasteiger partial charge in [0.25, 0.3) is 0 Å². The van der Waals surface area contributed by atoms with Gasteiger partial charge >= 0.3 is 11.9 Å². The fraction of sp³-hybridized carbons (Fsp3) is 0.674. The molecule has 274 valence electrons. The van der Waals surface area contributed by atoms with Gasteiger partial charge in [-0.05, 0) is 77.0 Å². The minimum Gasteiger partial charge on any atom is -0.462 e. The average molecular weight is 669 g/mol. The van der Waals surface area contributed by atoms with Gasteiger partial charge in [0, 0.05) is 12.8 Å². The van der Waals surface area contributed by atoms with Crippen molar-refractivity contribution in [2.24, 2.45) is 0 Å². The largest absolute Gasteiger partial charge is 0.462 e. The first-order chi connectivity index (χ1) is 23.6. The predicted molar refractivity (Wildman–Crippen MR) is 205 cm³/mol. The maximum Gasteiger partial charge on any atom is 0.306 e. The van der Waals surface area contributed by atoms with Crippen LogP contribution in [0.15, 0.2) is 72.9 Å². The summed E-state index contributed by atoms with van der Waals surface area (Å²) < 4.78 is 10.5. The van der Waals surface area contributed by atoms with Gasteiger partial charge in [-0.2, -0.15) is 0 Å². The van der Waals surface area contributed by atoms with Gasteiger partial charge in [0.1, 0.15) is 6.61 Å². The molecule has 0 aromatic heterocycles. The number of carbonyl (C=O) groups excluding carboxylic acids is 2. The van der Waals surface area contributed by atoms with E-state index in [9.17, 15) is 14.7 Å². The molecule has 0 spiro atoms. The zero-order valence-electron chi connectivity index (χ0n) is 31.0. The van der Waals surface area contributed by atoms with Crippen LogP contribution < -0.4 is 0 Å². The van der Waals surface area contributed by atoms with Crippen molar-refractivity contribution in [1.82, 2.24) is 0 Å². The van der Waals surface area contributed by atoms with E-state index in [1.165, 1.54) is 89.9 Å². The molecule has 0 unspecified atom stereocenters. The maximum atomic E-state index is 12.1. The zero-order chi connectivity index (χ0) is 35.0. The quantitative estimate of drug-likeness (QED) is 0.0420. The van der Waals surface area contributed by atoms with Gasteiger partial charge in [0.05, 0.1) is 6.61 Å².